The molecule has 6 nitrogen and oxygen atoms in total. The zero-order valence-electron chi connectivity index (χ0n) is 16.4. The van der Waals surface area contributed by atoms with Crippen LogP contribution in [-0.4, -0.2) is 33.1 Å². The Hall–Kier alpha value is -3.06. The lowest BCUT2D eigenvalue weighted by Crippen LogP contribution is -2.25. The quantitative estimate of drug-likeness (QED) is 0.507. The van der Waals surface area contributed by atoms with Crippen molar-refractivity contribution in [2.24, 2.45) is 0 Å². The Labute approximate surface area is 173 Å². The number of fused-ring (bicyclic) bond motifs is 1. The summed E-state index contributed by atoms with van der Waals surface area (Å²) < 4.78 is 7.34. The Bertz CT molecular complexity index is 1110. The van der Waals surface area contributed by atoms with Crippen LogP contribution >= 0.6 is 11.8 Å². The number of amides is 1. The molecule has 1 aliphatic rings. The zero-order valence-corrected chi connectivity index (χ0v) is 17.2. The van der Waals surface area contributed by atoms with E-state index < -0.39 is 0 Å². The van der Waals surface area contributed by atoms with Crippen LogP contribution in [0.25, 0.3) is 5.69 Å². The van der Waals surface area contributed by atoms with Crippen LogP contribution in [0.2, 0.25) is 0 Å². The molecule has 0 fully saturated rings. The minimum absolute atomic E-state index is 0.00626. The van der Waals surface area contributed by atoms with Gasteiger partial charge in [-0.25, -0.2) is 4.98 Å². The van der Waals surface area contributed by atoms with Gasteiger partial charge in [-0.3, -0.25) is 14.2 Å². The number of hydrogen-bond acceptors (Lipinski definition) is 5. The maximum absolute atomic E-state index is 13.0. The number of ketones is 1. The second-order valence-corrected chi connectivity index (χ2v) is 8.33. The average Bonchev–Trinajstić information content (AvgIpc) is 3.17. The number of nitrogens with one attached hydrogen (secondary N) is 1. The van der Waals surface area contributed by atoms with Gasteiger partial charge in [-0.1, -0.05) is 17.8 Å². The van der Waals surface area contributed by atoms with Crippen molar-refractivity contribution in [1.82, 2.24) is 9.55 Å². The molecule has 0 bridgehead atoms. The molecule has 1 N–H and O–H groups in total. The number of thioether (sulfide) groups is 1. The van der Waals surface area contributed by atoms with Crippen LogP contribution in [0.15, 0.2) is 53.9 Å². The van der Waals surface area contributed by atoms with E-state index in [1.165, 1.54) is 22.9 Å². The number of imidazole rings is 1. The van der Waals surface area contributed by atoms with Gasteiger partial charge in [0.2, 0.25) is 0 Å². The molecule has 29 heavy (non-hydrogen) atoms. The van der Waals surface area contributed by atoms with Crippen LogP contribution in [0.4, 0.5) is 5.69 Å². The van der Waals surface area contributed by atoms with E-state index >= 15 is 0 Å². The molecule has 1 aromatic heterocycles. The fraction of sp³-hybridized carbons (Fsp3) is 0.227. The molecule has 1 amide bonds. The Morgan fingerprint density at radius 2 is 2.03 bits per heavy atom. The van der Waals surface area contributed by atoms with Gasteiger partial charge in [0, 0.05) is 23.6 Å². The molecule has 0 aliphatic carbocycles. The average molecular weight is 407 g/mol. The third kappa shape index (κ3) is 3.91. The Morgan fingerprint density at radius 1 is 1.21 bits per heavy atom. The SMILES string of the molecule is Cc1ccc(-n2ccnc2SC(C)C(=O)c2ccc3c(c2)NC(=O)CO3)cc1C. The Balaban J connectivity index is 1.54. The van der Waals surface area contributed by atoms with Crippen molar-refractivity contribution in [2.45, 2.75) is 31.2 Å². The van der Waals surface area contributed by atoms with Gasteiger partial charge >= 0.3 is 0 Å². The molecule has 7 heteroatoms. The summed E-state index contributed by atoms with van der Waals surface area (Å²) in [5.74, 6) is 0.318. The van der Waals surface area contributed by atoms with Crippen LogP contribution in [-0.2, 0) is 4.79 Å². The van der Waals surface area contributed by atoms with E-state index in [4.69, 9.17) is 4.74 Å². The number of benzene rings is 2. The number of carbonyl (C=O) groups is 2. The van der Waals surface area contributed by atoms with E-state index in [-0.39, 0.29) is 23.5 Å². The van der Waals surface area contributed by atoms with Gasteiger partial charge in [-0.15, -0.1) is 0 Å². The number of rotatable bonds is 5. The van der Waals surface area contributed by atoms with Crippen LogP contribution < -0.4 is 10.1 Å². The minimum Gasteiger partial charge on any atom is -0.482 e. The van der Waals surface area contributed by atoms with Crippen LogP contribution in [0.5, 0.6) is 5.75 Å². The fourth-order valence-electron chi connectivity index (χ4n) is 3.13. The number of nitrogens with zero attached hydrogens (tertiary/aromatic N) is 2. The third-order valence-corrected chi connectivity index (χ3v) is 6.00. The molecule has 1 atom stereocenters. The summed E-state index contributed by atoms with van der Waals surface area (Å²) in [6, 6.07) is 11.4. The third-order valence-electron chi connectivity index (χ3n) is 4.92. The van der Waals surface area contributed by atoms with Crippen molar-refractivity contribution in [3.05, 3.63) is 65.5 Å². The Morgan fingerprint density at radius 3 is 2.83 bits per heavy atom. The first-order chi connectivity index (χ1) is 13.9. The smallest absolute Gasteiger partial charge is 0.262 e. The number of hydrogen-bond donors (Lipinski definition) is 1. The van der Waals surface area contributed by atoms with E-state index in [0.717, 1.165) is 10.8 Å². The number of carbonyl (C=O) groups excluding carboxylic acids is 2. The van der Waals surface area contributed by atoms with Gasteiger partial charge in [0.1, 0.15) is 5.75 Å². The molecule has 3 aromatic rings. The first kappa shape index (κ1) is 19.3. The summed E-state index contributed by atoms with van der Waals surface area (Å²) in [4.78, 5) is 28.9. The zero-order chi connectivity index (χ0) is 20.5. The molecule has 1 unspecified atom stereocenters. The van der Waals surface area contributed by atoms with Gasteiger partial charge < -0.3 is 10.1 Å². The van der Waals surface area contributed by atoms with Gasteiger partial charge in [0.25, 0.3) is 5.91 Å². The number of anilines is 1. The van der Waals surface area contributed by atoms with E-state index in [2.05, 4.69) is 36.3 Å². The molecule has 2 heterocycles. The number of aryl methyl sites for hydroxylation is 2. The second-order valence-electron chi connectivity index (χ2n) is 7.02. The summed E-state index contributed by atoms with van der Waals surface area (Å²) in [7, 11) is 0. The highest BCUT2D eigenvalue weighted by molar-refractivity contribution is 8.00. The highest BCUT2D eigenvalue weighted by Gasteiger charge is 2.22. The van der Waals surface area contributed by atoms with Crippen molar-refractivity contribution < 1.29 is 14.3 Å². The van der Waals surface area contributed by atoms with Crippen molar-refractivity contribution in [3.63, 3.8) is 0 Å². The molecular weight excluding hydrogens is 386 g/mol. The maximum Gasteiger partial charge on any atom is 0.262 e. The molecule has 148 valence electrons. The summed E-state index contributed by atoms with van der Waals surface area (Å²) >= 11 is 1.41. The van der Waals surface area contributed by atoms with Crippen LogP contribution in [0.3, 0.4) is 0 Å². The van der Waals surface area contributed by atoms with Gasteiger partial charge in [0.15, 0.2) is 17.5 Å². The molecular formula is C22H21N3O3S. The second kappa shape index (κ2) is 7.75. The van der Waals surface area contributed by atoms with Crippen molar-refractivity contribution in [1.29, 1.82) is 0 Å². The van der Waals surface area contributed by atoms with Crippen molar-refractivity contribution in [3.8, 4) is 11.4 Å². The highest BCUT2D eigenvalue weighted by Crippen LogP contribution is 2.31. The lowest BCUT2D eigenvalue weighted by molar-refractivity contribution is -0.118. The van der Waals surface area contributed by atoms with E-state index in [0.29, 0.717) is 17.0 Å². The molecule has 1 aliphatic heterocycles. The van der Waals surface area contributed by atoms with Crippen molar-refractivity contribution >= 4 is 29.1 Å². The summed E-state index contributed by atoms with van der Waals surface area (Å²) in [5.41, 5.74) is 4.51. The summed E-state index contributed by atoms with van der Waals surface area (Å²) in [5, 5.41) is 3.15. The fourth-order valence-corrected chi connectivity index (χ4v) is 4.09. The standard InChI is InChI=1S/C22H21N3O3S/c1-13-4-6-17(10-14(13)2)25-9-8-23-22(25)29-15(3)21(27)16-5-7-19-18(11-16)24-20(26)12-28-19/h4-11,15H,12H2,1-3H3,(H,24,26). The molecule has 0 spiro atoms. The first-order valence-corrected chi connectivity index (χ1v) is 10.2. The molecule has 0 saturated carbocycles. The van der Waals surface area contributed by atoms with Crippen LogP contribution in [0.1, 0.15) is 28.4 Å². The van der Waals surface area contributed by atoms with E-state index in [1.807, 2.05) is 23.8 Å². The monoisotopic (exact) mass is 407 g/mol. The molecule has 2 aromatic carbocycles. The highest BCUT2D eigenvalue weighted by atomic mass is 32.2. The number of Topliss-reactive ketones (excluding diaryl/α,β-unsaturated/α-hetero) is 1. The number of aromatic nitrogens is 2. The largest absolute Gasteiger partial charge is 0.482 e. The topological polar surface area (TPSA) is 73.2 Å². The molecule has 0 saturated heterocycles. The maximum atomic E-state index is 13.0. The normalized spacial score (nSPS) is 14.0. The van der Waals surface area contributed by atoms with Crippen molar-refractivity contribution in [2.75, 3.05) is 11.9 Å². The van der Waals surface area contributed by atoms with Gasteiger partial charge in [-0.2, -0.15) is 0 Å². The van der Waals surface area contributed by atoms with E-state index in [1.54, 1.807) is 24.4 Å². The summed E-state index contributed by atoms with van der Waals surface area (Å²) in [6.07, 6.45) is 3.63. The van der Waals surface area contributed by atoms with Crippen LogP contribution in [0, 0.1) is 13.8 Å². The lowest BCUT2D eigenvalue weighted by atomic mass is 10.1. The van der Waals surface area contributed by atoms with Gasteiger partial charge in [0.05, 0.1) is 10.9 Å². The molecule has 4 rings (SSSR count). The lowest BCUT2D eigenvalue weighted by Gasteiger charge is -2.19. The first-order valence-electron chi connectivity index (χ1n) is 9.31. The predicted octanol–water partition coefficient (Wildman–Crippen LogP) is 4.18. The molecule has 0 radical (unpaired) electrons. The minimum atomic E-state index is -0.346. The van der Waals surface area contributed by atoms with Gasteiger partial charge in [-0.05, 0) is 62.2 Å². The van der Waals surface area contributed by atoms with E-state index in [9.17, 15) is 9.59 Å². The predicted molar refractivity (Wildman–Crippen MR) is 113 cm³/mol. The Kier molecular flexibility index (Phi) is 5.15. The summed E-state index contributed by atoms with van der Waals surface area (Å²) in [6.45, 7) is 6.01. The number of ether oxygens (including phenoxy) is 1.